The van der Waals surface area contributed by atoms with Crippen molar-refractivity contribution >= 4 is 23.2 Å². The van der Waals surface area contributed by atoms with E-state index in [1.54, 1.807) is 10.6 Å². The molecule has 34 heavy (non-hydrogen) atoms. The summed E-state index contributed by atoms with van der Waals surface area (Å²) in [5.41, 5.74) is 9.31. The van der Waals surface area contributed by atoms with Crippen LogP contribution in [0.4, 0.5) is 0 Å². The lowest BCUT2D eigenvalue weighted by Gasteiger charge is -2.11. The molecule has 2 heterocycles. The molecule has 0 fully saturated rings. The molecule has 0 saturated carbocycles. The van der Waals surface area contributed by atoms with Crippen molar-refractivity contribution in [3.8, 4) is 17.0 Å². The maximum Gasteiger partial charge on any atom is 0.341 e. The lowest BCUT2D eigenvalue weighted by Crippen LogP contribution is -2.24. The fourth-order valence-corrected chi connectivity index (χ4v) is 4.04. The Kier molecular flexibility index (Phi) is 6.40. The highest BCUT2D eigenvalue weighted by molar-refractivity contribution is 6.44. The van der Waals surface area contributed by atoms with Gasteiger partial charge in [0, 0.05) is 18.1 Å². The van der Waals surface area contributed by atoms with Crippen molar-refractivity contribution in [2.45, 2.75) is 19.8 Å². The minimum Gasteiger partial charge on any atom is -0.480 e. The molecule has 0 atom stereocenters. The van der Waals surface area contributed by atoms with Crippen LogP contribution in [-0.4, -0.2) is 39.0 Å². The summed E-state index contributed by atoms with van der Waals surface area (Å²) in [6.07, 6.45) is 0.861. The highest BCUT2D eigenvalue weighted by Crippen LogP contribution is 2.35. The van der Waals surface area contributed by atoms with Crippen molar-refractivity contribution in [2.24, 2.45) is 5.73 Å². The van der Waals surface area contributed by atoms with Crippen LogP contribution in [0, 0.1) is 0 Å². The second kappa shape index (κ2) is 9.58. The fraction of sp³-hybridized carbons (Fsp3) is 0.154. The zero-order chi connectivity index (χ0) is 24.2. The molecule has 172 valence electrons. The molecule has 8 nitrogen and oxygen atoms in total. The smallest absolute Gasteiger partial charge is 0.341 e. The first-order valence-electron chi connectivity index (χ1n) is 10.8. The average Bonchev–Trinajstić information content (AvgIpc) is 3.16. The molecule has 1 amide bonds. The third-order valence-electron chi connectivity index (χ3n) is 5.50. The lowest BCUT2D eigenvalue weighted by molar-refractivity contribution is -0.139. The van der Waals surface area contributed by atoms with Gasteiger partial charge in [-0.3, -0.25) is 9.59 Å². The van der Waals surface area contributed by atoms with Gasteiger partial charge in [-0.05, 0) is 17.5 Å². The summed E-state index contributed by atoms with van der Waals surface area (Å²) >= 11 is 0. The van der Waals surface area contributed by atoms with Gasteiger partial charge < -0.3 is 15.6 Å². The number of aromatic nitrogens is 2. The number of nitrogens with two attached hydrogens (primary N) is 1. The van der Waals surface area contributed by atoms with E-state index >= 15 is 0 Å². The number of nitrogens with zero attached hydrogens (tertiary/aromatic N) is 2. The molecule has 0 spiro atoms. The summed E-state index contributed by atoms with van der Waals surface area (Å²) in [7, 11) is 0. The average molecular weight is 457 g/mol. The van der Waals surface area contributed by atoms with E-state index in [1.807, 2.05) is 67.6 Å². The zero-order valence-electron chi connectivity index (χ0n) is 18.5. The second-order valence-electron chi connectivity index (χ2n) is 7.71. The van der Waals surface area contributed by atoms with Gasteiger partial charge in [0.2, 0.25) is 0 Å². The Morgan fingerprint density at radius 2 is 1.68 bits per heavy atom. The SMILES string of the molecule is CCc1c(C(=O)C(N)=O)c2c(OCC(=O)O)cc(-c3ccccc3)nn2c1Cc1ccccc1. The Balaban J connectivity index is 2.07. The molecule has 0 saturated heterocycles. The van der Waals surface area contributed by atoms with Crippen molar-refractivity contribution in [1.82, 2.24) is 9.61 Å². The Bertz CT molecular complexity index is 1380. The first-order chi connectivity index (χ1) is 16.4. The topological polar surface area (TPSA) is 124 Å². The number of benzene rings is 2. The van der Waals surface area contributed by atoms with Crippen LogP contribution in [0.3, 0.4) is 0 Å². The van der Waals surface area contributed by atoms with E-state index in [0.29, 0.717) is 29.8 Å². The normalized spacial score (nSPS) is 10.9. The van der Waals surface area contributed by atoms with Gasteiger partial charge in [-0.1, -0.05) is 67.6 Å². The van der Waals surface area contributed by atoms with Crippen LogP contribution in [0.1, 0.15) is 34.1 Å². The molecular formula is C26H23N3O5. The predicted octanol–water partition coefficient (Wildman–Crippen LogP) is 3.29. The Hall–Kier alpha value is -4.46. The summed E-state index contributed by atoms with van der Waals surface area (Å²) in [5, 5.41) is 14.0. The highest BCUT2D eigenvalue weighted by Gasteiger charge is 2.29. The number of fused-ring (bicyclic) bond motifs is 1. The summed E-state index contributed by atoms with van der Waals surface area (Å²) < 4.78 is 7.20. The van der Waals surface area contributed by atoms with Gasteiger partial charge in [0.25, 0.3) is 11.7 Å². The summed E-state index contributed by atoms with van der Waals surface area (Å²) in [5.74, 6) is -3.02. The van der Waals surface area contributed by atoms with Gasteiger partial charge in [0.05, 0.1) is 17.0 Å². The number of primary amides is 1. The number of hydrogen-bond acceptors (Lipinski definition) is 5. The molecule has 0 radical (unpaired) electrons. The number of Topliss-reactive ketones (excluding diaryl/α,β-unsaturated/α-hetero) is 1. The molecule has 4 aromatic rings. The summed E-state index contributed by atoms with van der Waals surface area (Å²) in [6.45, 7) is 1.25. The number of carboxylic acid groups (broad SMARTS) is 1. The summed E-state index contributed by atoms with van der Waals surface area (Å²) in [6, 6.07) is 20.6. The van der Waals surface area contributed by atoms with E-state index in [4.69, 9.17) is 15.6 Å². The number of carbonyl (C=O) groups is 3. The van der Waals surface area contributed by atoms with E-state index < -0.39 is 24.3 Å². The van der Waals surface area contributed by atoms with Crippen LogP contribution in [0.15, 0.2) is 66.7 Å². The van der Waals surface area contributed by atoms with Gasteiger partial charge in [0.15, 0.2) is 6.61 Å². The third kappa shape index (κ3) is 4.38. The standard InChI is InChI=1S/C26H23N3O5/c1-2-18-20(13-16-9-5-3-6-10-16)29-24(23(18)25(32)26(27)33)21(34-15-22(30)31)14-19(28-29)17-11-7-4-8-12-17/h3-12,14H,2,13,15H2,1H3,(H2,27,33)(H,30,31). The van der Waals surface area contributed by atoms with Crippen molar-refractivity contribution in [3.05, 3.63) is 89.1 Å². The van der Waals surface area contributed by atoms with Crippen LogP contribution in [0.5, 0.6) is 5.75 Å². The number of carbonyl (C=O) groups excluding carboxylic acids is 2. The van der Waals surface area contributed by atoms with Gasteiger partial charge in [-0.2, -0.15) is 5.10 Å². The van der Waals surface area contributed by atoms with E-state index in [2.05, 4.69) is 0 Å². The first-order valence-corrected chi connectivity index (χ1v) is 10.8. The minimum absolute atomic E-state index is 0.0911. The zero-order valence-corrected chi connectivity index (χ0v) is 18.5. The molecule has 4 rings (SSSR count). The van der Waals surface area contributed by atoms with Crippen molar-refractivity contribution in [1.29, 1.82) is 0 Å². The Labute approximate surface area is 195 Å². The van der Waals surface area contributed by atoms with Gasteiger partial charge in [0.1, 0.15) is 11.3 Å². The number of aliphatic carboxylic acids is 1. The Morgan fingerprint density at radius 3 is 2.26 bits per heavy atom. The molecule has 0 bridgehead atoms. The van der Waals surface area contributed by atoms with Gasteiger partial charge in [-0.25, -0.2) is 9.31 Å². The number of ether oxygens (including phenoxy) is 1. The van der Waals surface area contributed by atoms with Crippen LogP contribution in [0.25, 0.3) is 16.8 Å². The van der Waals surface area contributed by atoms with E-state index in [0.717, 1.165) is 11.1 Å². The molecule has 0 aliphatic heterocycles. The van der Waals surface area contributed by atoms with Crippen LogP contribution >= 0.6 is 0 Å². The number of carboxylic acids is 1. The molecule has 0 aliphatic rings. The lowest BCUT2D eigenvalue weighted by atomic mass is 9.99. The first kappa shape index (κ1) is 22.7. The van der Waals surface area contributed by atoms with Crippen LogP contribution < -0.4 is 10.5 Å². The number of hydrogen-bond donors (Lipinski definition) is 2. The van der Waals surface area contributed by atoms with Crippen molar-refractivity contribution in [3.63, 3.8) is 0 Å². The number of rotatable bonds is 9. The van der Waals surface area contributed by atoms with E-state index in [9.17, 15) is 19.5 Å². The maximum absolute atomic E-state index is 13.0. The number of ketones is 1. The molecular weight excluding hydrogens is 434 g/mol. The van der Waals surface area contributed by atoms with Crippen molar-refractivity contribution in [2.75, 3.05) is 6.61 Å². The summed E-state index contributed by atoms with van der Waals surface area (Å²) in [4.78, 5) is 36.2. The third-order valence-corrected chi connectivity index (χ3v) is 5.50. The van der Waals surface area contributed by atoms with Crippen LogP contribution in [-0.2, 0) is 22.4 Å². The maximum atomic E-state index is 13.0. The van der Waals surface area contributed by atoms with E-state index in [1.165, 1.54) is 0 Å². The quantitative estimate of drug-likeness (QED) is 0.294. The minimum atomic E-state index is -1.18. The largest absolute Gasteiger partial charge is 0.480 e. The van der Waals surface area contributed by atoms with Crippen LogP contribution in [0.2, 0.25) is 0 Å². The monoisotopic (exact) mass is 457 g/mol. The fourth-order valence-electron chi connectivity index (χ4n) is 4.04. The van der Waals surface area contributed by atoms with Gasteiger partial charge >= 0.3 is 5.97 Å². The molecule has 8 heteroatoms. The van der Waals surface area contributed by atoms with Gasteiger partial charge in [-0.15, -0.1) is 0 Å². The van der Waals surface area contributed by atoms with E-state index in [-0.39, 0.29) is 16.8 Å². The molecule has 2 aromatic heterocycles. The highest BCUT2D eigenvalue weighted by atomic mass is 16.5. The predicted molar refractivity (Wildman–Crippen MR) is 126 cm³/mol. The van der Waals surface area contributed by atoms with Crippen molar-refractivity contribution < 1.29 is 24.2 Å². The Morgan fingerprint density at radius 1 is 1.03 bits per heavy atom. The second-order valence-corrected chi connectivity index (χ2v) is 7.71. The molecule has 2 aromatic carbocycles. The molecule has 3 N–H and O–H groups in total. The number of amides is 1. The molecule has 0 aliphatic carbocycles. The molecule has 0 unspecified atom stereocenters.